The zero-order chi connectivity index (χ0) is 14.2. The summed E-state index contributed by atoms with van der Waals surface area (Å²) in [4.78, 5) is 19.1. The molecule has 5 nitrogen and oxygen atoms in total. The predicted molar refractivity (Wildman–Crippen MR) is 77.1 cm³/mol. The zero-order valence-electron chi connectivity index (χ0n) is 11.8. The minimum absolute atomic E-state index is 0.0172. The fourth-order valence-corrected chi connectivity index (χ4v) is 2.97. The molecule has 0 saturated carbocycles. The summed E-state index contributed by atoms with van der Waals surface area (Å²) in [5.74, 6) is 0.676. The Bertz CT molecular complexity index is 562. The van der Waals surface area contributed by atoms with Gasteiger partial charge in [0.05, 0.1) is 7.11 Å². The summed E-state index contributed by atoms with van der Waals surface area (Å²) in [6.45, 7) is 1.78. The number of para-hydroxylation sites is 1. The quantitative estimate of drug-likeness (QED) is 0.876. The lowest BCUT2D eigenvalue weighted by Crippen LogP contribution is -2.50. The van der Waals surface area contributed by atoms with E-state index in [0.717, 1.165) is 31.5 Å². The number of rotatable bonds is 2. The number of carbonyl (C=O) groups excluding carboxylic acids is 1. The smallest absolute Gasteiger partial charge is 0.274 e. The molecule has 2 heterocycles. The van der Waals surface area contributed by atoms with E-state index in [-0.39, 0.29) is 11.6 Å². The number of amides is 1. The summed E-state index contributed by atoms with van der Waals surface area (Å²) in [7, 11) is 3.46. The van der Waals surface area contributed by atoms with Crippen LogP contribution in [-0.2, 0) is 4.79 Å². The van der Waals surface area contributed by atoms with Crippen molar-refractivity contribution in [1.82, 2.24) is 10.2 Å². The Labute approximate surface area is 118 Å². The molecule has 2 aliphatic heterocycles. The molecule has 1 amide bonds. The SMILES string of the molecule is COc1ccccc1C1=NC2(CCNCC2)N(C)C1=O. The summed E-state index contributed by atoms with van der Waals surface area (Å²) in [5, 5.41) is 3.32. The molecule has 1 N–H and O–H groups in total. The van der Waals surface area contributed by atoms with Gasteiger partial charge in [-0.05, 0) is 25.2 Å². The Morgan fingerprint density at radius 2 is 2.00 bits per heavy atom. The Morgan fingerprint density at radius 1 is 1.30 bits per heavy atom. The van der Waals surface area contributed by atoms with E-state index in [2.05, 4.69) is 5.32 Å². The van der Waals surface area contributed by atoms with E-state index in [9.17, 15) is 4.79 Å². The maximum absolute atomic E-state index is 12.6. The first kappa shape index (κ1) is 13.1. The largest absolute Gasteiger partial charge is 0.496 e. The van der Waals surface area contributed by atoms with Gasteiger partial charge in [-0.15, -0.1) is 0 Å². The van der Waals surface area contributed by atoms with Crippen LogP contribution in [0.3, 0.4) is 0 Å². The van der Waals surface area contributed by atoms with Crippen LogP contribution in [0.2, 0.25) is 0 Å². The number of methoxy groups -OCH3 is 1. The van der Waals surface area contributed by atoms with E-state index in [0.29, 0.717) is 11.5 Å². The molecule has 5 heteroatoms. The van der Waals surface area contributed by atoms with Crippen LogP contribution in [-0.4, -0.2) is 49.4 Å². The second-order valence-corrected chi connectivity index (χ2v) is 5.26. The second kappa shape index (κ2) is 4.90. The Kier molecular flexibility index (Phi) is 3.22. The van der Waals surface area contributed by atoms with Gasteiger partial charge < -0.3 is 15.0 Å². The van der Waals surface area contributed by atoms with Crippen molar-refractivity contribution in [2.45, 2.75) is 18.5 Å². The van der Waals surface area contributed by atoms with Crippen LogP contribution in [0.1, 0.15) is 18.4 Å². The standard InChI is InChI=1S/C15H19N3O2/c1-18-14(19)13(11-5-3-4-6-12(11)20-2)17-15(18)7-9-16-10-8-15/h3-6,16H,7-10H2,1-2H3. The number of aliphatic imine (C=N–C) groups is 1. The molecular weight excluding hydrogens is 254 g/mol. The molecule has 1 aromatic rings. The third-order valence-corrected chi connectivity index (χ3v) is 4.22. The van der Waals surface area contributed by atoms with Gasteiger partial charge in [-0.2, -0.15) is 0 Å². The predicted octanol–water partition coefficient (Wildman–Crippen LogP) is 1.04. The number of piperidine rings is 1. The molecule has 0 atom stereocenters. The first-order valence-corrected chi connectivity index (χ1v) is 6.90. The van der Waals surface area contributed by atoms with Gasteiger partial charge in [0.2, 0.25) is 0 Å². The highest BCUT2D eigenvalue weighted by Gasteiger charge is 2.46. The number of hydrogen-bond donors (Lipinski definition) is 1. The van der Waals surface area contributed by atoms with Crippen molar-refractivity contribution < 1.29 is 9.53 Å². The first-order chi connectivity index (χ1) is 9.68. The number of nitrogens with one attached hydrogen (secondary N) is 1. The average molecular weight is 273 g/mol. The van der Waals surface area contributed by atoms with Gasteiger partial charge in [0.15, 0.2) is 0 Å². The van der Waals surface area contributed by atoms with E-state index in [4.69, 9.17) is 9.73 Å². The van der Waals surface area contributed by atoms with Gasteiger partial charge in [0, 0.05) is 25.5 Å². The fraction of sp³-hybridized carbons (Fsp3) is 0.467. The maximum Gasteiger partial charge on any atom is 0.274 e. The lowest BCUT2D eigenvalue weighted by molar-refractivity contribution is -0.126. The number of carbonyl (C=O) groups is 1. The van der Waals surface area contributed by atoms with Gasteiger partial charge in [0.25, 0.3) is 5.91 Å². The Hall–Kier alpha value is -1.88. The van der Waals surface area contributed by atoms with Crippen LogP contribution in [0.15, 0.2) is 29.3 Å². The van der Waals surface area contributed by atoms with Crippen LogP contribution in [0.5, 0.6) is 5.75 Å². The zero-order valence-corrected chi connectivity index (χ0v) is 11.8. The van der Waals surface area contributed by atoms with Crippen molar-refractivity contribution in [3.63, 3.8) is 0 Å². The van der Waals surface area contributed by atoms with Crippen LogP contribution in [0, 0.1) is 0 Å². The van der Waals surface area contributed by atoms with Crippen LogP contribution in [0.4, 0.5) is 0 Å². The molecule has 2 aliphatic rings. The summed E-state index contributed by atoms with van der Waals surface area (Å²) in [6, 6.07) is 7.55. The molecule has 0 unspecified atom stereocenters. The normalized spacial score (nSPS) is 21.2. The number of likely N-dealkylation sites (N-methyl/N-ethyl adjacent to an activating group) is 1. The van der Waals surface area contributed by atoms with Crippen LogP contribution >= 0.6 is 0 Å². The highest BCUT2D eigenvalue weighted by molar-refractivity contribution is 6.47. The summed E-state index contributed by atoms with van der Waals surface area (Å²) >= 11 is 0. The highest BCUT2D eigenvalue weighted by Crippen LogP contribution is 2.34. The molecule has 0 bridgehead atoms. The molecule has 1 aromatic carbocycles. The fourth-order valence-electron chi connectivity index (χ4n) is 2.97. The first-order valence-electron chi connectivity index (χ1n) is 6.90. The minimum atomic E-state index is -0.376. The Morgan fingerprint density at radius 3 is 2.70 bits per heavy atom. The third kappa shape index (κ3) is 1.89. The molecule has 20 heavy (non-hydrogen) atoms. The van der Waals surface area contributed by atoms with Crippen molar-refractivity contribution >= 4 is 11.6 Å². The number of ether oxygens (including phenoxy) is 1. The molecule has 0 aromatic heterocycles. The van der Waals surface area contributed by atoms with Crippen molar-refractivity contribution in [2.24, 2.45) is 4.99 Å². The molecule has 0 radical (unpaired) electrons. The maximum atomic E-state index is 12.6. The topological polar surface area (TPSA) is 53.9 Å². The third-order valence-electron chi connectivity index (χ3n) is 4.22. The summed E-state index contributed by atoms with van der Waals surface area (Å²) < 4.78 is 5.35. The summed E-state index contributed by atoms with van der Waals surface area (Å²) in [6.07, 6.45) is 1.71. The van der Waals surface area contributed by atoms with Crippen LogP contribution in [0.25, 0.3) is 0 Å². The van der Waals surface area contributed by atoms with Crippen molar-refractivity contribution in [2.75, 3.05) is 27.2 Å². The molecule has 106 valence electrons. The van der Waals surface area contributed by atoms with Gasteiger partial charge in [-0.25, -0.2) is 0 Å². The van der Waals surface area contributed by atoms with Crippen molar-refractivity contribution in [3.8, 4) is 5.75 Å². The lowest BCUT2D eigenvalue weighted by atomic mass is 9.98. The molecule has 1 fully saturated rings. The lowest BCUT2D eigenvalue weighted by Gasteiger charge is -2.37. The molecule has 3 rings (SSSR count). The van der Waals surface area contributed by atoms with E-state index in [1.54, 1.807) is 12.0 Å². The molecule has 0 aliphatic carbocycles. The highest BCUT2D eigenvalue weighted by atomic mass is 16.5. The number of benzene rings is 1. The van der Waals surface area contributed by atoms with E-state index in [1.807, 2.05) is 31.3 Å². The van der Waals surface area contributed by atoms with Gasteiger partial charge in [-0.1, -0.05) is 12.1 Å². The molecular formula is C15H19N3O2. The average Bonchev–Trinajstić information content (AvgIpc) is 2.73. The number of nitrogens with zero attached hydrogens (tertiary/aromatic N) is 2. The van der Waals surface area contributed by atoms with E-state index < -0.39 is 0 Å². The minimum Gasteiger partial charge on any atom is -0.496 e. The van der Waals surface area contributed by atoms with E-state index in [1.165, 1.54) is 0 Å². The van der Waals surface area contributed by atoms with Crippen LogP contribution < -0.4 is 10.1 Å². The second-order valence-electron chi connectivity index (χ2n) is 5.26. The van der Waals surface area contributed by atoms with Gasteiger partial charge >= 0.3 is 0 Å². The van der Waals surface area contributed by atoms with E-state index >= 15 is 0 Å². The number of hydrogen-bond acceptors (Lipinski definition) is 4. The van der Waals surface area contributed by atoms with Gasteiger partial charge in [0.1, 0.15) is 17.1 Å². The Balaban J connectivity index is 2.04. The molecule has 1 saturated heterocycles. The van der Waals surface area contributed by atoms with Crippen molar-refractivity contribution in [1.29, 1.82) is 0 Å². The summed E-state index contributed by atoms with van der Waals surface area (Å²) in [5.41, 5.74) is 0.924. The van der Waals surface area contributed by atoms with Crippen molar-refractivity contribution in [3.05, 3.63) is 29.8 Å². The van der Waals surface area contributed by atoms with Gasteiger partial charge in [-0.3, -0.25) is 9.79 Å². The monoisotopic (exact) mass is 273 g/mol. The molecule has 1 spiro atoms.